The molecule has 2 N–H and O–H groups in total. The first-order valence-electron chi connectivity index (χ1n) is 15.2. The molecule has 2 saturated heterocycles. The van der Waals surface area contributed by atoms with Crippen molar-refractivity contribution in [3.63, 3.8) is 0 Å². The Morgan fingerprint density at radius 2 is 1.34 bits per heavy atom. The van der Waals surface area contributed by atoms with Crippen molar-refractivity contribution >= 4 is 47.2 Å². The van der Waals surface area contributed by atoms with Gasteiger partial charge in [0, 0.05) is 36.4 Å². The third-order valence-corrected chi connectivity index (χ3v) is 8.04. The highest BCUT2D eigenvalue weighted by atomic mass is 16.5. The topological polar surface area (TPSA) is 125 Å². The molecule has 2 aliphatic heterocycles. The molecule has 5 rings (SSSR count). The largest absolute Gasteiger partial charge is 0.361 e. The Morgan fingerprint density at radius 1 is 0.841 bits per heavy atom. The molecule has 0 radical (unpaired) electrons. The standard InChI is InChI=1S/C34H39N5O5/c1-22(2)34(43)39-19-5-7-30(39)33(42)36-27-16-12-25(13-17-27)9-8-24-10-14-26(15-11-24)35-32(41)29-6-4-18-38(29)31(40)21-28-20-23(3)37-44-28/h8-17,20,22,29-30H,4-7,18-19,21H2,1-3H3,(H,35,41)(H,36,42)/b9-8+/t29-,30-/m0/s1. The number of anilines is 2. The van der Waals surface area contributed by atoms with Crippen molar-refractivity contribution in [1.29, 1.82) is 0 Å². The molecule has 4 amide bonds. The van der Waals surface area contributed by atoms with Crippen LogP contribution in [0.15, 0.2) is 59.1 Å². The molecular formula is C34H39N5O5. The molecule has 3 heterocycles. The van der Waals surface area contributed by atoms with E-state index in [4.69, 9.17) is 4.52 Å². The van der Waals surface area contributed by atoms with Crippen molar-refractivity contribution in [3.8, 4) is 0 Å². The summed E-state index contributed by atoms with van der Waals surface area (Å²) in [6.45, 7) is 6.67. The van der Waals surface area contributed by atoms with Crippen LogP contribution in [-0.2, 0) is 25.6 Å². The van der Waals surface area contributed by atoms with E-state index in [0.29, 0.717) is 48.8 Å². The van der Waals surface area contributed by atoms with Crippen LogP contribution in [0.25, 0.3) is 12.2 Å². The predicted octanol–water partition coefficient (Wildman–Crippen LogP) is 4.91. The number of amides is 4. The van der Waals surface area contributed by atoms with E-state index in [-0.39, 0.29) is 36.0 Å². The fraction of sp³-hybridized carbons (Fsp3) is 0.382. The van der Waals surface area contributed by atoms with E-state index >= 15 is 0 Å². The SMILES string of the molecule is Cc1cc(CC(=O)N2CCC[C@H]2C(=O)Nc2ccc(/C=C/c3ccc(NC(=O)[C@@H]4CCCN4C(=O)C(C)C)cc3)cc2)on1. The number of carbonyl (C=O) groups is 4. The van der Waals surface area contributed by atoms with Crippen LogP contribution < -0.4 is 10.6 Å². The molecule has 0 spiro atoms. The summed E-state index contributed by atoms with van der Waals surface area (Å²) in [4.78, 5) is 54.5. The van der Waals surface area contributed by atoms with E-state index in [0.717, 1.165) is 24.0 Å². The zero-order valence-corrected chi connectivity index (χ0v) is 25.4. The monoisotopic (exact) mass is 597 g/mol. The first kappa shape index (κ1) is 30.7. The van der Waals surface area contributed by atoms with Crippen molar-refractivity contribution in [2.75, 3.05) is 23.7 Å². The van der Waals surface area contributed by atoms with Gasteiger partial charge in [-0.25, -0.2) is 0 Å². The highest BCUT2D eigenvalue weighted by Crippen LogP contribution is 2.23. The van der Waals surface area contributed by atoms with E-state index in [9.17, 15) is 19.2 Å². The highest BCUT2D eigenvalue weighted by Gasteiger charge is 2.35. The molecular weight excluding hydrogens is 558 g/mol. The summed E-state index contributed by atoms with van der Waals surface area (Å²) >= 11 is 0. The number of nitrogens with zero attached hydrogens (tertiary/aromatic N) is 3. The van der Waals surface area contributed by atoms with Gasteiger partial charge in [0.15, 0.2) is 0 Å². The van der Waals surface area contributed by atoms with Crippen molar-refractivity contribution in [2.45, 2.75) is 65.0 Å². The maximum atomic E-state index is 13.0. The molecule has 2 aromatic carbocycles. The second-order valence-electron chi connectivity index (χ2n) is 11.8. The summed E-state index contributed by atoms with van der Waals surface area (Å²) in [7, 11) is 0. The van der Waals surface area contributed by atoms with Crippen molar-refractivity contribution in [2.24, 2.45) is 5.92 Å². The van der Waals surface area contributed by atoms with Crippen LogP contribution in [0.1, 0.15) is 62.1 Å². The second-order valence-corrected chi connectivity index (χ2v) is 11.8. The smallest absolute Gasteiger partial charge is 0.247 e. The maximum absolute atomic E-state index is 13.0. The van der Waals surface area contributed by atoms with E-state index in [1.165, 1.54) is 0 Å². The quantitative estimate of drug-likeness (QED) is 0.338. The Labute approximate surface area is 257 Å². The molecule has 0 unspecified atom stereocenters. The van der Waals surface area contributed by atoms with Gasteiger partial charge >= 0.3 is 0 Å². The number of rotatable bonds is 9. The molecule has 2 aliphatic rings. The maximum Gasteiger partial charge on any atom is 0.247 e. The molecule has 1 aromatic heterocycles. The molecule has 0 saturated carbocycles. The molecule has 10 heteroatoms. The molecule has 2 atom stereocenters. The first-order chi connectivity index (χ1) is 21.2. The minimum Gasteiger partial charge on any atom is -0.361 e. The van der Waals surface area contributed by atoms with Gasteiger partial charge in [0.25, 0.3) is 0 Å². The van der Waals surface area contributed by atoms with E-state index in [1.807, 2.05) is 74.5 Å². The minimum atomic E-state index is -0.515. The number of aryl methyl sites for hydroxylation is 1. The van der Waals surface area contributed by atoms with Gasteiger partial charge in [-0.15, -0.1) is 0 Å². The molecule has 44 heavy (non-hydrogen) atoms. The molecule has 0 aliphatic carbocycles. The number of nitrogens with one attached hydrogen (secondary N) is 2. The Hall–Kier alpha value is -4.73. The summed E-state index contributed by atoms with van der Waals surface area (Å²) in [5.74, 6) is -0.121. The van der Waals surface area contributed by atoms with Crippen LogP contribution in [0.3, 0.4) is 0 Å². The summed E-state index contributed by atoms with van der Waals surface area (Å²) in [5, 5.41) is 9.72. The fourth-order valence-corrected chi connectivity index (χ4v) is 5.72. The van der Waals surface area contributed by atoms with Gasteiger partial charge in [-0.3, -0.25) is 19.2 Å². The van der Waals surface area contributed by atoms with Gasteiger partial charge < -0.3 is 25.0 Å². The molecule has 2 fully saturated rings. The third kappa shape index (κ3) is 7.42. The Morgan fingerprint density at radius 3 is 1.82 bits per heavy atom. The fourth-order valence-electron chi connectivity index (χ4n) is 5.72. The lowest BCUT2D eigenvalue weighted by atomic mass is 10.1. The highest BCUT2D eigenvalue weighted by molar-refractivity contribution is 5.98. The lowest BCUT2D eigenvalue weighted by molar-refractivity contribution is -0.139. The molecule has 3 aromatic rings. The summed E-state index contributed by atoms with van der Waals surface area (Å²) in [6, 6.07) is 15.8. The normalized spacial score (nSPS) is 18.3. The van der Waals surface area contributed by atoms with Gasteiger partial charge in [-0.05, 0) is 68.0 Å². The van der Waals surface area contributed by atoms with Gasteiger partial charge in [0.1, 0.15) is 17.8 Å². The minimum absolute atomic E-state index is 0.0145. The number of likely N-dealkylation sites (tertiary alicyclic amines) is 2. The predicted molar refractivity (Wildman–Crippen MR) is 168 cm³/mol. The van der Waals surface area contributed by atoms with E-state index in [2.05, 4.69) is 15.8 Å². The number of aromatic nitrogens is 1. The van der Waals surface area contributed by atoms with Crippen LogP contribution >= 0.6 is 0 Å². The lowest BCUT2D eigenvalue weighted by Crippen LogP contribution is -2.44. The van der Waals surface area contributed by atoms with E-state index in [1.54, 1.807) is 22.8 Å². The summed E-state index contributed by atoms with van der Waals surface area (Å²) in [6.07, 6.45) is 6.92. The summed E-state index contributed by atoms with van der Waals surface area (Å²) < 4.78 is 5.17. The number of benzene rings is 2. The van der Waals surface area contributed by atoms with Gasteiger partial charge in [-0.2, -0.15) is 0 Å². The van der Waals surface area contributed by atoms with Gasteiger partial charge in [0.2, 0.25) is 23.6 Å². The van der Waals surface area contributed by atoms with Gasteiger partial charge in [-0.1, -0.05) is 55.4 Å². The van der Waals surface area contributed by atoms with Crippen molar-refractivity contribution in [1.82, 2.24) is 15.0 Å². The van der Waals surface area contributed by atoms with Crippen LogP contribution in [-0.4, -0.2) is 63.8 Å². The van der Waals surface area contributed by atoms with Crippen molar-refractivity contribution < 1.29 is 23.7 Å². The Kier molecular flexibility index (Phi) is 9.57. The Bertz CT molecular complexity index is 1530. The number of hydrogen-bond donors (Lipinski definition) is 2. The molecule has 0 bridgehead atoms. The zero-order valence-electron chi connectivity index (χ0n) is 25.4. The Balaban J connectivity index is 1.12. The van der Waals surface area contributed by atoms with Crippen LogP contribution in [0.5, 0.6) is 0 Å². The molecule has 10 nitrogen and oxygen atoms in total. The summed E-state index contributed by atoms with van der Waals surface area (Å²) in [5.41, 5.74) is 3.98. The van der Waals surface area contributed by atoms with Crippen LogP contribution in [0, 0.1) is 12.8 Å². The number of carbonyl (C=O) groups excluding carboxylic acids is 4. The lowest BCUT2D eigenvalue weighted by Gasteiger charge is -2.25. The zero-order chi connectivity index (χ0) is 31.2. The van der Waals surface area contributed by atoms with Gasteiger partial charge in [0.05, 0.1) is 12.1 Å². The molecule has 230 valence electrons. The average molecular weight is 598 g/mol. The third-order valence-electron chi connectivity index (χ3n) is 8.04. The number of hydrogen-bond acceptors (Lipinski definition) is 6. The van der Waals surface area contributed by atoms with E-state index < -0.39 is 12.1 Å². The second kappa shape index (κ2) is 13.7. The van der Waals surface area contributed by atoms with Crippen molar-refractivity contribution in [3.05, 3.63) is 77.2 Å². The average Bonchev–Trinajstić information content (AvgIpc) is 3.78. The van der Waals surface area contributed by atoms with Crippen LogP contribution in [0.4, 0.5) is 11.4 Å². The van der Waals surface area contributed by atoms with Crippen LogP contribution in [0.2, 0.25) is 0 Å². The first-order valence-corrected chi connectivity index (χ1v) is 15.2.